The van der Waals surface area contributed by atoms with Crippen LogP contribution < -0.4 is 5.73 Å². The van der Waals surface area contributed by atoms with Crippen LogP contribution in [0.3, 0.4) is 0 Å². The molecule has 1 fully saturated rings. The number of nitrogens with two attached hydrogens (primary N) is 1. The number of ether oxygens (including phenoxy) is 1. The molecule has 0 unspecified atom stereocenters. The lowest BCUT2D eigenvalue weighted by Gasteiger charge is -2.26. The van der Waals surface area contributed by atoms with Gasteiger partial charge in [0.05, 0.1) is 6.54 Å². The van der Waals surface area contributed by atoms with E-state index in [2.05, 4.69) is 0 Å². The van der Waals surface area contributed by atoms with Crippen molar-refractivity contribution in [1.29, 1.82) is 0 Å². The van der Waals surface area contributed by atoms with Gasteiger partial charge < -0.3 is 10.5 Å². The molecular weight excluding hydrogens is 212 g/mol. The van der Waals surface area contributed by atoms with E-state index >= 15 is 0 Å². The summed E-state index contributed by atoms with van der Waals surface area (Å²) in [5, 5.41) is 0. The highest BCUT2D eigenvalue weighted by Gasteiger charge is 2.39. The number of ketones is 1. The fourth-order valence-corrected chi connectivity index (χ4v) is 1.46. The topological polar surface area (TPSA) is 89.7 Å². The number of likely N-dealkylation sites (tertiary alicyclic amines) is 1. The van der Waals surface area contributed by atoms with Crippen LogP contribution in [0, 0.1) is 0 Å². The van der Waals surface area contributed by atoms with Crippen LogP contribution in [0.1, 0.15) is 27.2 Å². The predicted octanol–water partition coefficient (Wildman–Crippen LogP) is 0.0502. The quantitative estimate of drug-likeness (QED) is 0.686. The molecule has 16 heavy (non-hydrogen) atoms. The normalized spacial score (nSPS) is 21.1. The van der Waals surface area contributed by atoms with Crippen molar-refractivity contribution in [3.05, 3.63) is 0 Å². The average Bonchev–Trinajstić information content (AvgIpc) is 2.44. The Hall–Kier alpha value is -1.59. The van der Waals surface area contributed by atoms with E-state index in [0.29, 0.717) is 0 Å². The smallest absolute Gasteiger partial charge is 0.411 e. The summed E-state index contributed by atoms with van der Waals surface area (Å²) < 4.78 is 5.08. The molecule has 0 aliphatic carbocycles. The van der Waals surface area contributed by atoms with E-state index in [1.54, 1.807) is 20.8 Å². The van der Waals surface area contributed by atoms with Crippen LogP contribution in [-0.4, -0.2) is 40.9 Å². The zero-order chi connectivity index (χ0) is 12.5. The fraction of sp³-hybridized carbons (Fsp3) is 0.700. The largest absolute Gasteiger partial charge is 0.444 e. The van der Waals surface area contributed by atoms with Crippen molar-refractivity contribution >= 4 is 17.8 Å². The maximum Gasteiger partial charge on any atom is 0.411 e. The van der Waals surface area contributed by atoms with Gasteiger partial charge in [0, 0.05) is 6.42 Å². The summed E-state index contributed by atoms with van der Waals surface area (Å²) in [6.45, 7) is 5.02. The van der Waals surface area contributed by atoms with Crippen LogP contribution in [0.2, 0.25) is 0 Å². The van der Waals surface area contributed by atoms with Gasteiger partial charge in [-0.3, -0.25) is 14.5 Å². The van der Waals surface area contributed by atoms with Crippen LogP contribution in [0.15, 0.2) is 0 Å². The predicted molar refractivity (Wildman–Crippen MR) is 55.5 cm³/mol. The molecule has 2 amide bonds. The lowest BCUT2D eigenvalue weighted by atomic mass is 10.2. The Kier molecular flexibility index (Phi) is 3.21. The minimum absolute atomic E-state index is 0.0193. The standard InChI is InChI=1S/C10H16N2O4/c1-10(2,3)16-9(15)12-5-6(13)4-7(12)8(11)14/h7H,4-5H2,1-3H3,(H2,11,14)/t7-/m0/s1. The number of rotatable bonds is 1. The third-order valence-corrected chi connectivity index (χ3v) is 2.10. The molecule has 1 heterocycles. The minimum Gasteiger partial charge on any atom is -0.444 e. The molecule has 0 aromatic rings. The summed E-state index contributed by atoms with van der Waals surface area (Å²) in [4.78, 5) is 35.0. The van der Waals surface area contributed by atoms with E-state index in [0.717, 1.165) is 4.90 Å². The number of carbonyl (C=O) groups is 3. The van der Waals surface area contributed by atoms with Gasteiger partial charge >= 0.3 is 6.09 Å². The SMILES string of the molecule is CC(C)(C)OC(=O)N1CC(=O)C[C@H]1C(N)=O. The highest BCUT2D eigenvalue weighted by atomic mass is 16.6. The molecule has 0 aromatic heterocycles. The third kappa shape index (κ3) is 2.95. The van der Waals surface area contributed by atoms with Gasteiger partial charge in [-0.1, -0.05) is 0 Å². The first kappa shape index (κ1) is 12.5. The Morgan fingerprint density at radius 3 is 2.44 bits per heavy atom. The summed E-state index contributed by atoms with van der Waals surface area (Å²) in [6.07, 6.45) is -0.698. The summed E-state index contributed by atoms with van der Waals surface area (Å²) in [7, 11) is 0. The molecule has 1 atom stereocenters. The lowest BCUT2D eigenvalue weighted by Crippen LogP contribution is -2.45. The van der Waals surface area contributed by atoms with Crippen LogP contribution >= 0.6 is 0 Å². The van der Waals surface area contributed by atoms with Crippen molar-refractivity contribution in [2.75, 3.05) is 6.54 Å². The molecule has 6 heteroatoms. The van der Waals surface area contributed by atoms with Gasteiger partial charge in [-0.05, 0) is 20.8 Å². The first-order valence-electron chi connectivity index (χ1n) is 5.01. The van der Waals surface area contributed by atoms with Gasteiger partial charge in [0.1, 0.15) is 11.6 Å². The Morgan fingerprint density at radius 2 is 2.00 bits per heavy atom. The zero-order valence-electron chi connectivity index (χ0n) is 9.65. The van der Waals surface area contributed by atoms with Crippen LogP contribution in [0.25, 0.3) is 0 Å². The van der Waals surface area contributed by atoms with Crippen molar-refractivity contribution in [3.8, 4) is 0 Å². The van der Waals surface area contributed by atoms with Gasteiger partial charge in [0.25, 0.3) is 0 Å². The molecule has 0 bridgehead atoms. The first-order chi connectivity index (χ1) is 7.20. The number of hydrogen-bond donors (Lipinski definition) is 1. The Morgan fingerprint density at radius 1 is 1.44 bits per heavy atom. The molecule has 1 saturated heterocycles. The molecule has 2 N–H and O–H groups in total. The van der Waals surface area contributed by atoms with E-state index in [9.17, 15) is 14.4 Å². The maximum absolute atomic E-state index is 11.7. The lowest BCUT2D eigenvalue weighted by molar-refractivity contribution is -0.123. The zero-order valence-corrected chi connectivity index (χ0v) is 9.65. The van der Waals surface area contributed by atoms with Gasteiger partial charge in [-0.25, -0.2) is 4.79 Å². The molecule has 90 valence electrons. The Balaban J connectivity index is 2.75. The van der Waals surface area contributed by atoms with E-state index in [1.807, 2.05) is 0 Å². The summed E-state index contributed by atoms with van der Waals surface area (Å²) in [5.74, 6) is -0.869. The number of amides is 2. The highest BCUT2D eigenvalue weighted by molar-refractivity contribution is 5.96. The Labute approximate surface area is 93.7 Å². The number of primary amides is 1. The van der Waals surface area contributed by atoms with Crippen molar-refractivity contribution in [2.45, 2.75) is 38.8 Å². The third-order valence-electron chi connectivity index (χ3n) is 2.10. The van der Waals surface area contributed by atoms with Gasteiger partial charge in [-0.2, -0.15) is 0 Å². The molecule has 1 rings (SSSR count). The van der Waals surface area contributed by atoms with Crippen molar-refractivity contribution in [2.24, 2.45) is 5.73 Å². The molecule has 0 spiro atoms. The maximum atomic E-state index is 11.7. The van der Waals surface area contributed by atoms with Crippen LogP contribution in [-0.2, 0) is 14.3 Å². The van der Waals surface area contributed by atoms with E-state index in [1.165, 1.54) is 0 Å². The summed E-state index contributed by atoms with van der Waals surface area (Å²) in [5.41, 5.74) is 4.45. The molecule has 1 aliphatic rings. The molecule has 6 nitrogen and oxygen atoms in total. The Bertz CT molecular complexity index is 332. The van der Waals surface area contributed by atoms with E-state index in [-0.39, 0.29) is 18.7 Å². The van der Waals surface area contributed by atoms with Crippen molar-refractivity contribution in [1.82, 2.24) is 4.90 Å². The first-order valence-corrected chi connectivity index (χ1v) is 5.01. The molecule has 0 aromatic carbocycles. The van der Waals surface area contributed by atoms with Gasteiger partial charge in [0.2, 0.25) is 5.91 Å². The monoisotopic (exact) mass is 228 g/mol. The fourth-order valence-electron chi connectivity index (χ4n) is 1.46. The number of nitrogens with zero attached hydrogens (tertiary/aromatic N) is 1. The highest BCUT2D eigenvalue weighted by Crippen LogP contribution is 2.18. The van der Waals surface area contributed by atoms with Crippen molar-refractivity contribution in [3.63, 3.8) is 0 Å². The second-order valence-electron chi connectivity index (χ2n) is 4.77. The second kappa shape index (κ2) is 4.11. The van der Waals surface area contributed by atoms with Gasteiger partial charge in [0.15, 0.2) is 5.78 Å². The van der Waals surface area contributed by atoms with E-state index < -0.39 is 23.6 Å². The summed E-state index contributed by atoms with van der Waals surface area (Å²) in [6, 6.07) is -0.873. The van der Waals surface area contributed by atoms with Crippen molar-refractivity contribution < 1.29 is 19.1 Å². The number of hydrogen-bond acceptors (Lipinski definition) is 4. The number of carbonyl (C=O) groups excluding carboxylic acids is 3. The van der Waals surface area contributed by atoms with Crippen LogP contribution in [0.4, 0.5) is 4.79 Å². The minimum atomic E-state index is -0.873. The molecule has 0 radical (unpaired) electrons. The average molecular weight is 228 g/mol. The van der Waals surface area contributed by atoms with E-state index in [4.69, 9.17) is 10.5 Å². The second-order valence-corrected chi connectivity index (χ2v) is 4.77. The molecule has 0 saturated carbocycles. The molecule has 1 aliphatic heterocycles. The summed E-state index contributed by atoms with van der Waals surface area (Å²) >= 11 is 0. The number of Topliss-reactive ketones (excluding diaryl/α,β-unsaturated/α-hetero) is 1. The van der Waals surface area contributed by atoms with Gasteiger partial charge in [-0.15, -0.1) is 0 Å². The van der Waals surface area contributed by atoms with Crippen LogP contribution in [0.5, 0.6) is 0 Å². The molecular formula is C10H16N2O4.